The van der Waals surface area contributed by atoms with Crippen LogP contribution in [0.1, 0.15) is 5.56 Å². The van der Waals surface area contributed by atoms with E-state index in [4.69, 9.17) is 23.1 Å². The van der Waals surface area contributed by atoms with E-state index in [2.05, 4.69) is 36.8 Å². The molecule has 0 fully saturated rings. The van der Waals surface area contributed by atoms with Gasteiger partial charge in [-0.15, -0.1) is 35.0 Å². The Morgan fingerprint density at radius 1 is 0.793 bits per heavy atom. The molecule has 5 aromatic carbocycles. The summed E-state index contributed by atoms with van der Waals surface area (Å²) in [4.78, 5) is 18.3. The Morgan fingerprint density at radius 2 is 1.36 bits per heavy atom. The van der Waals surface area contributed by atoms with E-state index < -0.39 is 79.1 Å². The smallest absolute Gasteiger partial charge is 0.744 e. The largest absolute Gasteiger partial charge is 1.00 e. The summed E-state index contributed by atoms with van der Waals surface area (Å²) in [5.74, 6) is -0.829. The molecular formula is C30H19N8Na3O14S3. The number of carbonyl (C=O) groups excluding carboxylic acids is 1. The Morgan fingerprint density at radius 3 is 1.88 bits per heavy atom. The van der Waals surface area contributed by atoms with Gasteiger partial charge in [0.15, 0.2) is 11.4 Å². The Hall–Kier alpha value is -3.93. The molecule has 0 saturated heterocycles. The second kappa shape index (κ2) is 22.4. The molecule has 5 rings (SSSR count). The van der Waals surface area contributed by atoms with Gasteiger partial charge in [-0.2, -0.15) is 20.5 Å². The van der Waals surface area contributed by atoms with E-state index in [-0.39, 0.29) is 112 Å². The van der Waals surface area contributed by atoms with E-state index in [1.807, 2.05) is 0 Å². The average molecular weight is 881 g/mol. The number of fused-ring (bicyclic) bond motifs is 1. The third-order valence-electron chi connectivity index (χ3n) is 6.85. The number of ether oxygens (including phenoxy) is 1. The number of benzene rings is 5. The molecule has 0 atom stereocenters. The van der Waals surface area contributed by atoms with Crippen molar-refractivity contribution in [3.63, 3.8) is 0 Å². The van der Waals surface area contributed by atoms with E-state index in [1.54, 1.807) is 25.1 Å². The van der Waals surface area contributed by atoms with Gasteiger partial charge in [-0.1, -0.05) is 12.1 Å². The molecule has 0 aliphatic carbocycles. The number of nitrogens with zero attached hydrogens (tertiary/aromatic N) is 7. The van der Waals surface area contributed by atoms with Crippen LogP contribution in [0.3, 0.4) is 0 Å². The monoisotopic (exact) mass is 880 g/mol. The summed E-state index contributed by atoms with van der Waals surface area (Å²) in [6.45, 7) is 1.98. The number of phenolic OH excluding ortho intramolecular Hbond substituents is 1. The maximum absolute atomic E-state index is 12.3. The van der Waals surface area contributed by atoms with Crippen LogP contribution in [0, 0.1) is 23.1 Å². The molecule has 0 aliphatic rings. The SMILES string of the molecule is Cc1cc(N=Nc2cc(S(=O)(=O)[O-])c3cc(S(=O)(=O)[O-])c(N=Nc4[c-]cc([N+](=O)[O-])cc4)c(O)c3c2N)ccc1N=Nc1ccc(OC=O)cc1.O=S(=O)=O.[Na+].[Na+].[Na+]. The second-order valence-corrected chi connectivity index (χ2v) is 13.5. The fourth-order valence-electron chi connectivity index (χ4n) is 4.46. The van der Waals surface area contributed by atoms with Gasteiger partial charge in [0.1, 0.15) is 37.4 Å². The molecule has 0 unspecified atom stereocenters. The van der Waals surface area contributed by atoms with Gasteiger partial charge in [-0.3, -0.25) is 14.9 Å². The second-order valence-electron chi connectivity index (χ2n) is 10.4. The van der Waals surface area contributed by atoms with Gasteiger partial charge in [0, 0.05) is 10.3 Å². The van der Waals surface area contributed by atoms with Gasteiger partial charge in [-0.25, -0.2) is 16.8 Å². The van der Waals surface area contributed by atoms with E-state index in [0.717, 1.165) is 18.2 Å². The summed E-state index contributed by atoms with van der Waals surface area (Å²) in [6, 6.07) is 17.4. The topological polar surface area (TPSA) is 355 Å². The number of nitrogens with two attached hydrogens (primary N) is 1. The van der Waals surface area contributed by atoms with E-state index >= 15 is 0 Å². The number of nitrogen functional groups attached to an aromatic ring is 1. The normalized spacial score (nSPS) is 11.2. The number of carbonyl (C=O) groups is 1. The Balaban J connectivity index is 0.00000229. The van der Waals surface area contributed by atoms with Crippen LogP contribution in [0.25, 0.3) is 10.8 Å². The summed E-state index contributed by atoms with van der Waals surface area (Å²) in [5.41, 5.74) is 5.45. The molecule has 284 valence electrons. The molecule has 0 heterocycles. The molecule has 0 radical (unpaired) electrons. The number of phenols is 1. The first kappa shape index (κ1) is 52.1. The van der Waals surface area contributed by atoms with Gasteiger partial charge in [0.05, 0.1) is 37.9 Å². The number of rotatable bonds is 11. The number of nitro groups is 1. The molecule has 0 aromatic heterocycles. The van der Waals surface area contributed by atoms with E-state index in [0.29, 0.717) is 34.8 Å². The summed E-state index contributed by atoms with van der Waals surface area (Å²) < 4.78 is 104. The Bertz CT molecular complexity index is 2770. The zero-order chi connectivity index (χ0) is 40.7. The number of non-ortho nitro benzene ring substituents is 1. The van der Waals surface area contributed by atoms with Crippen LogP contribution in [0.5, 0.6) is 11.5 Å². The minimum absolute atomic E-state index is 0. The zero-order valence-corrected chi connectivity index (χ0v) is 38.6. The molecule has 5 aromatic rings. The number of hydrogen-bond acceptors (Lipinski definition) is 21. The van der Waals surface area contributed by atoms with Crippen LogP contribution in [-0.4, -0.2) is 55.1 Å². The number of azo groups is 3. The molecule has 3 N–H and O–H groups in total. The third-order valence-corrected chi connectivity index (χ3v) is 8.58. The van der Waals surface area contributed by atoms with Crippen molar-refractivity contribution in [2.24, 2.45) is 30.7 Å². The van der Waals surface area contributed by atoms with Gasteiger partial charge in [-0.05, 0) is 72.8 Å². The minimum Gasteiger partial charge on any atom is -0.744 e. The van der Waals surface area contributed by atoms with Crippen molar-refractivity contribution >= 4 is 93.6 Å². The molecule has 22 nitrogen and oxygen atoms in total. The van der Waals surface area contributed by atoms with Gasteiger partial charge in [0.25, 0.3) is 6.47 Å². The van der Waals surface area contributed by atoms with Crippen molar-refractivity contribution in [3.05, 3.63) is 94.5 Å². The van der Waals surface area contributed by atoms with Crippen molar-refractivity contribution in [2.75, 3.05) is 5.73 Å². The number of aromatic hydroxyl groups is 1. The van der Waals surface area contributed by atoms with Gasteiger partial charge < -0.3 is 24.7 Å². The summed E-state index contributed by atoms with van der Waals surface area (Å²) >= 11 is 0. The standard InChI is InChI=1S/C30H21N8O11S2.3Na.O3S/c1-16-12-19(6-11-23(16)35-32-18-4-9-21(10-5-18)49-15-39)34-36-24-14-25(50(43,44)45)22-13-26(51(46,47)48)29(30(40)27(22)28(24)31)37-33-17-2-7-20(8-3-17)38(41)42;;;;1-4(2)3/h2,4-15,40H,31H2,1H3,(H,43,44,45)(H,46,47,48);;;;/q-1;3*+1;/p-2. The number of hydrogen-bond donors (Lipinski definition) is 2. The summed E-state index contributed by atoms with van der Waals surface area (Å²) in [6.07, 6.45) is 0. The van der Waals surface area contributed by atoms with Crippen LogP contribution in [0.4, 0.5) is 45.5 Å². The molecule has 58 heavy (non-hydrogen) atoms. The summed E-state index contributed by atoms with van der Waals surface area (Å²) in [5, 5.41) is 44.3. The zero-order valence-electron chi connectivity index (χ0n) is 30.2. The van der Waals surface area contributed by atoms with Crippen LogP contribution < -0.4 is 99.1 Å². The predicted octanol–water partition coefficient (Wildman–Crippen LogP) is -3.26. The Kier molecular flexibility index (Phi) is 20.2. The molecular weight excluding hydrogens is 862 g/mol. The molecule has 0 amide bonds. The maximum Gasteiger partial charge on any atom is 1.00 e. The third kappa shape index (κ3) is 13.8. The molecule has 0 saturated carbocycles. The van der Waals surface area contributed by atoms with Crippen molar-refractivity contribution in [1.82, 2.24) is 0 Å². The van der Waals surface area contributed by atoms with Crippen LogP contribution in [0.2, 0.25) is 0 Å². The predicted molar refractivity (Wildman–Crippen MR) is 184 cm³/mol. The van der Waals surface area contributed by atoms with E-state index in [1.165, 1.54) is 24.3 Å². The molecule has 0 aliphatic heterocycles. The summed E-state index contributed by atoms with van der Waals surface area (Å²) in [7, 11) is -14.0. The fourth-order valence-corrected chi connectivity index (χ4v) is 5.78. The molecule has 0 bridgehead atoms. The van der Waals surface area contributed by atoms with Gasteiger partial charge in [0.2, 0.25) is 0 Å². The van der Waals surface area contributed by atoms with Crippen molar-refractivity contribution in [2.45, 2.75) is 16.7 Å². The number of aryl methyl sites for hydroxylation is 1. The number of anilines is 1. The van der Waals surface area contributed by atoms with Crippen molar-refractivity contribution in [3.8, 4) is 11.5 Å². The molecule has 0 spiro atoms. The molecule has 28 heteroatoms. The van der Waals surface area contributed by atoms with Gasteiger partial charge >= 0.3 is 99.3 Å². The van der Waals surface area contributed by atoms with Crippen molar-refractivity contribution in [1.29, 1.82) is 0 Å². The quantitative estimate of drug-likeness (QED) is 0.0192. The average Bonchev–Trinajstić information content (AvgIpc) is 3.10. The van der Waals surface area contributed by atoms with Crippen LogP contribution in [0.15, 0.2) is 113 Å². The maximum atomic E-state index is 12.3. The first-order valence-corrected chi connectivity index (χ1v) is 18.1. The first-order valence-electron chi connectivity index (χ1n) is 14.3. The Labute approximate surface area is 395 Å². The number of nitro benzene ring substituents is 1. The minimum atomic E-state index is -5.51. The fraction of sp³-hybridized carbons (Fsp3) is 0.0333. The van der Waals surface area contributed by atoms with Crippen LogP contribution >= 0.6 is 0 Å². The first-order chi connectivity index (χ1) is 25.8. The van der Waals surface area contributed by atoms with Crippen LogP contribution in [-0.2, 0) is 35.6 Å². The van der Waals surface area contributed by atoms with Crippen molar-refractivity contribution < 1.29 is 147 Å². The van der Waals surface area contributed by atoms with E-state index in [9.17, 15) is 46.0 Å².